The van der Waals surface area contributed by atoms with E-state index in [-0.39, 0.29) is 0 Å². The average Bonchev–Trinajstić information content (AvgIpc) is 2.54. The highest BCUT2D eigenvalue weighted by molar-refractivity contribution is 5.96. The third kappa shape index (κ3) is 3.91. The monoisotopic (exact) mass is 280 g/mol. The van der Waals surface area contributed by atoms with Crippen molar-refractivity contribution in [3.8, 4) is 6.07 Å². The normalized spacial score (nSPS) is 9.48. The van der Waals surface area contributed by atoms with Crippen molar-refractivity contribution in [1.82, 2.24) is 0 Å². The fourth-order valence-electron chi connectivity index (χ4n) is 1.66. The van der Waals surface area contributed by atoms with Crippen LogP contribution in [0.4, 0.5) is 5.69 Å². The summed E-state index contributed by atoms with van der Waals surface area (Å²) in [6.45, 7) is -0.409. The number of esters is 1. The summed E-state index contributed by atoms with van der Waals surface area (Å²) in [5.74, 6) is -1.07. The Hall–Kier alpha value is -3.13. The molecule has 0 aromatic heterocycles. The van der Waals surface area contributed by atoms with Crippen molar-refractivity contribution in [1.29, 1.82) is 5.26 Å². The van der Waals surface area contributed by atoms with Crippen molar-refractivity contribution < 1.29 is 14.3 Å². The summed E-state index contributed by atoms with van der Waals surface area (Å²) in [5, 5.41) is 11.4. The Kier molecular flexibility index (Phi) is 4.67. The molecule has 104 valence electrons. The number of benzene rings is 2. The summed E-state index contributed by atoms with van der Waals surface area (Å²) in [7, 11) is 0. The third-order valence-corrected chi connectivity index (χ3v) is 2.67. The maximum absolute atomic E-state index is 11.7. The van der Waals surface area contributed by atoms with Gasteiger partial charge in [0.25, 0.3) is 5.91 Å². The van der Waals surface area contributed by atoms with Crippen molar-refractivity contribution in [2.75, 3.05) is 11.9 Å². The molecule has 0 atom stereocenters. The fourth-order valence-corrected chi connectivity index (χ4v) is 1.66. The molecule has 2 aromatic carbocycles. The Bertz CT molecular complexity index is 690. The second-order valence-electron chi connectivity index (χ2n) is 4.15. The molecule has 0 aliphatic carbocycles. The van der Waals surface area contributed by atoms with Gasteiger partial charge in [-0.25, -0.2) is 4.79 Å². The summed E-state index contributed by atoms with van der Waals surface area (Å²) < 4.78 is 4.90. The van der Waals surface area contributed by atoms with Crippen LogP contribution >= 0.6 is 0 Å². The Morgan fingerprint density at radius 2 is 1.71 bits per heavy atom. The minimum Gasteiger partial charge on any atom is -0.452 e. The highest BCUT2D eigenvalue weighted by atomic mass is 16.5. The Morgan fingerprint density at radius 3 is 2.43 bits per heavy atom. The van der Waals surface area contributed by atoms with E-state index in [1.54, 1.807) is 54.6 Å². The number of carbonyl (C=O) groups excluding carboxylic acids is 2. The molecular weight excluding hydrogens is 268 g/mol. The highest BCUT2D eigenvalue weighted by Crippen LogP contribution is 2.13. The standard InChI is InChI=1S/C16H12N2O3/c17-10-13-8-4-5-9-14(13)18-15(19)11-21-16(20)12-6-2-1-3-7-12/h1-9H,11H2,(H,18,19). The highest BCUT2D eigenvalue weighted by Gasteiger charge is 2.11. The first-order chi connectivity index (χ1) is 10.2. The number of ether oxygens (including phenoxy) is 1. The largest absolute Gasteiger partial charge is 0.452 e. The first kappa shape index (κ1) is 14.3. The number of amides is 1. The van der Waals surface area contributed by atoms with Crippen LogP contribution < -0.4 is 5.32 Å². The van der Waals surface area contributed by atoms with Gasteiger partial charge in [0.15, 0.2) is 6.61 Å². The van der Waals surface area contributed by atoms with Gasteiger partial charge in [-0.2, -0.15) is 5.26 Å². The summed E-state index contributed by atoms with van der Waals surface area (Å²) in [6, 6.07) is 17.0. The van der Waals surface area contributed by atoms with Gasteiger partial charge >= 0.3 is 5.97 Å². The second kappa shape index (κ2) is 6.87. The predicted molar refractivity (Wildman–Crippen MR) is 76.5 cm³/mol. The number of anilines is 1. The van der Waals surface area contributed by atoms with E-state index < -0.39 is 18.5 Å². The number of carbonyl (C=O) groups is 2. The minimum absolute atomic E-state index is 0.347. The lowest BCUT2D eigenvalue weighted by Crippen LogP contribution is -2.21. The number of para-hydroxylation sites is 1. The number of rotatable bonds is 4. The first-order valence-electron chi connectivity index (χ1n) is 6.22. The van der Waals surface area contributed by atoms with E-state index >= 15 is 0 Å². The number of hydrogen-bond donors (Lipinski definition) is 1. The molecule has 0 spiro atoms. The van der Waals surface area contributed by atoms with Crippen LogP contribution in [0.15, 0.2) is 54.6 Å². The lowest BCUT2D eigenvalue weighted by atomic mass is 10.2. The predicted octanol–water partition coefficient (Wildman–Crippen LogP) is 2.35. The van der Waals surface area contributed by atoms with Crippen molar-refractivity contribution in [3.63, 3.8) is 0 Å². The van der Waals surface area contributed by atoms with Gasteiger partial charge in [0.2, 0.25) is 0 Å². The maximum Gasteiger partial charge on any atom is 0.338 e. The molecule has 0 unspecified atom stereocenters. The van der Waals surface area contributed by atoms with Gasteiger partial charge in [0.05, 0.1) is 16.8 Å². The van der Waals surface area contributed by atoms with Crippen LogP contribution in [0, 0.1) is 11.3 Å². The number of nitrogens with one attached hydrogen (secondary N) is 1. The van der Waals surface area contributed by atoms with Crippen LogP contribution in [0.3, 0.4) is 0 Å². The average molecular weight is 280 g/mol. The molecule has 1 N–H and O–H groups in total. The molecule has 0 saturated carbocycles. The summed E-state index contributed by atoms with van der Waals surface area (Å²) in [6.07, 6.45) is 0. The molecule has 5 nitrogen and oxygen atoms in total. The Morgan fingerprint density at radius 1 is 1.05 bits per heavy atom. The fraction of sp³-hybridized carbons (Fsp3) is 0.0625. The Labute approximate surface area is 121 Å². The van der Waals surface area contributed by atoms with Gasteiger partial charge in [-0.1, -0.05) is 30.3 Å². The van der Waals surface area contributed by atoms with E-state index in [9.17, 15) is 9.59 Å². The van der Waals surface area contributed by atoms with Crippen molar-refractivity contribution in [3.05, 3.63) is 65.7 Å². The zero-order valence-electron chi connectivity index (χ0n) is 11.1. The van der Waals surface area contributed by atoms with E-state index in [0.29, 0.717) is 16.8 Å². The maximum atomic E-state index is 11.7. The van der Waals surface area contributed by atoms with Crippen molar-refractivity contribution in [2.45, 2.75) is 0 Å². The number of nitriles is 1. The van der Waals surface area contributed by atoms with E-state index in [0.717, 1.165) is 0 Å². The molecule has 0 aliphatic heterocycles. The van der Waals surface area contributed by atoms with E-state index in [1.807, 2.05) is 6.07 Å². The van der Waals surface area contributed by atoms with E-state index in [1.165, 1.54) is 0 Å². The van der Waals surface area contributed by atoms with Crippen LogP contribution in [0.1, 0.15) is 15.9 Å². The Balaban J connectivity index is 1.91. The first-order valence-corrected chi connectivity index (χ1v) is 6.22. The van der Waals surface area contributed by atoms with Crippen LogP contribution in [-0.2, 0) is 9.53 Å². The van der Waals surface area contributed by atoms with Crippen LogP contribution in [0.25, 0.3) is 0 Å². The zero-order valence-corrected chi connectivity index (χ0v) is 11.1. The second-order valence-corrected chi connectivity index (χ2v) is 4.15. The van der Waals surface area contributed by atoms with Gasteiger partial charge in [0, 0.05) is 0 Å². The van der Waals surface area contributed by atoms with Crippen LogP contribution in [0.5, 0.6) is 0 Å². The summed E-state index contributed by atoms with van der Waals surface area (Å²) in [5.41, 5.74) is 1.11. The molecule has 0 heterocycles. The third-order valence-electron chi connectivity index (χ3n) is 2.67. The van der Waals surface area contributed by atoms with Crippen molar-refractivity contribution >= 4 is 17.6 Å². The topological polar surface area (TPSA) is 79.2 Å². The van der Waals surface area contributed by atoms with Gasteiger partial charge in [-0.15, -0.1) is 0 Å². The smallest absolute Gasteiger partial charge is 0.338 e. The van der Waals surface area contributed by atoms with Gasteiger partial charge in [-0.3, -0.25) is 4.79 Å². The van der Waals surface area contributed by atoms with Crippen LogP contribution in [0.2, 0.25) is 0 Å². The number of hydrogen-bond acceptors (Lipinski definition) is 4. The molecule has 0 bridgehead atoms. The summed E-state index contributed by atoms with van der Waals surface area (Å²) in [4.78, 5) is 23.4. The molecule has 5 heteroatoms. The molecule has 0 radical (unpaired) electrons. The zero-order chi connectivity index (χ0) is 15.1. The molecule has 0 fully saturated rings. The minimum atomic E-state index is -0.570. The van der Waals surface area contributed by atoms with E-state index in [4.69, 9.17) is 10.00 Å². The van der Waals surface area contributed by atoms with Crippen LogP contribution in [-0.4, -0.2) is 18.5 Å². The SMILES string of the molecule is N#Cc1ccccc1NC(=O)COC(=O)c1ccccc1. The quantitative estimate of drug-likeness (QED) is 0.872. The molecule has 0 aliphatic rings. The molecule has 1 amide bonds. The molecule has 0 saturated heterocycles. The molecule has 2 rings (SSSR count). The van der Waals surface area contributed by atoms with Gasteiger partial charge < -0.3 is 10.1 Å². The van der Waals surface area contributed by atoms with Gasteiger partial charge in [-0.05, 0) is 24.3 Å². The lowest BCUT2D eigenvalue weighted by Gasteiger charge is -2.07. The molecule has 21 heavy (non-hydrogen) atoms. The molecular formula is C16H12N2O3. The molecule has 2 aromatic rings. The lowest BCUT2D eigenvalue weighted by molar-refractivity contribution is -0.119. The van der Waals surface area contributed by atoms with Gasteiger partial charge in [0.1, 0.15) is 6.07 Å². The van der Waals surface area contributed by atoms with E-state index in [2.05, 4.69) is 5.32 Å². The summed E-state index contributed by atoms with van der Waals surface area (Å²) >= 11 is 0. The van der Waals surface area contributed by atoms with Crippen molar-refractivity contribution in [2.24, 2.45) is 0 Å². The number of nitrogens with zero attached hydrogens (tertiary/aromatic N) is 1.